The Morgan fingerprint density at radius 1 is 1.17 bits per heavy atom. The number of anilines is 1. The second-order valence-corrected chi connectivity index (χ2v) is 7.96. The van der Waals surface area contributed by atoms with E-state index >= 15 is 0 Å². The molecule has 3 rings (SSSR count). The average molecular weight is 430 g/mol. The van der Waals surface area contributed by atoms with Crippen LogP contribution in [0.5, 0.6) is 5.75 Å². The van der Waals surface area contributed by atoms with Crippen LogP contribution in [-0.2, 0) is 16.1 Å². The minimum atomic E-state index is -0.318. The van der Waals surface area contributed by atoms with Gasteiger partial charge in [-0.05, 0) is 56.6 Å². The summed E-state index contributed by atoms with van der Waals surface area (Å²) in [5.74, 6) is 0.504. The fourth-order valence-electron chi connectivity index (χ4n) is 3.66. The van der Waals surface area contributed by atoms with Gasteiger partial charge in [0.05, 0.1) is 18.8 Å². The lowest BCUT2D eigenvalue weighted by atomic mass is 9.94. The Balaban J connectivity index is 1.48. The predicted octanol–water partition coefficient (Wildman–Crippen LogP) is 3.70. The number of carbonyl (C=O) groups excluding carboxylic acids is 2. The minimum Gasteiger partial charge on any atom is -0.495 e. The van der Waals surface area contributed by atoms with E-state index in [4.69, 9.17) is 16.3 Å². The number of likely N-dealkylation sites (tertiary alicyclic amines) is 1. The number of nitrogens with zero attached hydrogens (tertiary/aromatic N) is 1. The van der Waals surface area contributed by atoms with E-state index in [-0.39, 0.29) is 23.8 Å². The quantitative estimate of drug-likeness (QED) is 0.704. The SMILES string of the molecule is COc1ccc(Cl)cc1NC(=O)[C@H](C)N1CCC(C(=O)NCc2ccccc2)CC1. The van der Waals surface area contributed by atoms with Crippen LogP contribution in [0.1, 0.15) is 25.3 Å². The average Bonchev–Trinajstić information content (AvgIpc) is 2.78. The summed E-state index contributed by atoms with van der Waals surface area (Å²) in [5, 5.41) is 6.45. The maximum Gasteiger partial charge on any atom is 0.241 e. The number of hydrogen-bond acceptors (Lipinski definition) is 4. The normalized spacial score (nSPS) is 16.0. The van der Waals surface area contributed by atoms with Crippen molar-refractivity contribution in [1.29, 1.82) is 0 Å². The zero-order valence-corrected chi connectivity index (χ0v) is 18.1. The Kier molecular flexibility index (Phi) is 7.71. The molecule has 1 aliphatic heterocycles. The highest BCUT2D eigenvalue weighted by molar-refractivity contribution is 6.31. The molecule has 2 N–H and O–H groups in total. The van der Waals surface area contributed by atoms with Crippen molar-refractivity contribution in [1.82, 2.24) is 10.2 Å². The number of rotatable bonds is 7. The third kappa shape index (κ3) is 5.74. The zero-order chi connectivity index (χ0) is 21.5. The van der Waals surface area contributed by atoms with Crippen LogP contribution < -0.4 is 15.4 Å². The topological polar surface area (TPSA) is 70.7 Å². The lowest BCUT2D eigenvalue weighted by molar-refractivity contribution is -0.127. The van der Waals surface area contributed by atoms with E-state index in [1.165, 1.54) is 0 Å². The standard InChI is InChI=1S/C23H28ClN3O3/c1-16(22(28)26-20-14-19(24)8-9-21(20)30-2)27-12-10-18(11-13-27)23(29)25-15-17-6-4-3-5-7-17/h3-9,14,16,18H,10-13,15H2,1-2H3,(H,25,29)(H,26,28)/t16-/m0/s1. The molecule has 0 saturated carbocycles. The van der Waals surface area contributed by atoms with Crippen molar-refractivity contribution in [3.05, 3.63) is 59.1 Å². The van der Waals surface area contributed by atoms with Crippen molar-refractivity contribution in [2.24, 2.45) is 5.92 Å². The second kappa shape index (κ2) is 10.5. The third-order valence-electron chi connectivity index (χ3n) is 5.56. The van der Waals surface area contributed by atoms with Crippen LogP contribution in [-0.4, -0.2) is 43.0 Å². The molecule has 1 fully saturated rings. The molecule has 0 unspecified atom stereocenters. The van der Waals surface area contributed by atoms with Gasteiger partial charge in [-0.2, -0.15) is 0 Å². The molecule has 6 nitrogen and oxygen atoms in total. The number of carbonyl (C=O) groups is 2. The molecule has 30 heavy (non-hydrogen) atoms. The summed E-state index contributed by atoms with van der Waals surface area (Å²) >= 11 is 6.04. The van der Waals surface area contributed by atoms with Crippen molar-refractivity contribution in [2.75, 3.05) is 25.5 Å². The van der Waals surface area contributed by atoms with Gasteiger partial charge in [0.25, 0.3) is 0 Å². The lowest BCUT2D eigenvalue weighted by Crippen LogP contribution is -2.48. The van der Waals surface area contributed by atoms with Gasteiger partial charge in [-0.15, -0.1) is 0 Å². The second-order valence-electron chi connectivity index (χ2n) is 7.52. The number of nitrogens with one attached hydrogen (secondary N) is 2. The smallest absolute Gasteiger partial charge is 0.241 e. The molecule has 0 spiro atoms. The van der Waals surface area contributed by atoms with Gasteiger partial charge in [0.2, 0.25) is 11.8 Å². The Hall–Kier alpha value is -2.57. The van der Waals surface area contributed by atoms with Crippen LogP contribution in [0.3, 0.4) is 0 Å². The van der Waals surface area contributed by atoms with Crippen LogP contribution in [0.2, 0.25) is 5.02 Å². The minimum absolute atomic E-state index is 0.0201. The molecule has 2 aromatic carbocycles. The molecule has 0 bridgehead atoms. The summed E-state index contributed by atoms with van der Waals surface area (Å²) in [6.07, 6.45) is 1.47. The molecule has 0 aliphatic carbocycles. The number of benzene rings is 2. The van der Waals surface area contributed by atoms with Gasteiger partial charge in [-0.1, -0.05) is 41.9 Å². The largest absolute Gasteiger partial charge is 0.495 e. The summed E-state index contributed by atoms with van der Waals surface area (Å²) in [6, 6.07) is 14.7. The maximum absolute atomic E-state index is 12.7. The fourth-order valence-corrected chi connectivity index (χ4v) is 3.83. The van der Waals surface area contributed by atoms with Crippen molar-refractivity contribution in [2.45, 2.75) is 32.4 Å². The van der Waals surface area contributed by atoms with E-state index in [0.29, 0.717) is 36.1 Å². The van der Waals surface area contributed by atoms with Gasteiger partial charge in [0, 0.05) is 17.5 Å². The highest BCUT2D eigenvalue weighted by atomic mass is 35.5. The Bertz CT molecular complexity index is 867. The molecule has 1 heterocycles. The number of halogens is 1. The summed E-state index contributed by atoms with van der Waals surface area (Å²) in [5.41, 5.74) is 1.64. The first-order valence-corrected chi connectivity index (χ1v) is 10.6. The first-order chi connectivity index (χ1) is 14.5. The number of hydrogen-bond donors (Lipinski definition) is 2. The Labute approximate surface area is 182 Å². The molecule has 2 aromatic rings. The fraction of sp³-hybridized carbons (Fsp3) is 0.391. The molecular weight excluding hydrogens is 402 g/mol. The summed E-state index contributed by atoms with van der Waals surface area (Å²) in [7, 11) is 1.55. The van der Waals surface area contributed by atoms with E-state index in [9.17, 15) is 9.59 Å². The van der Waals surface area contributed by atoms with E-state index in [1.807, 2.05) is 37.3 Å². The monoisotopic (exact) mass is 429 g/mol. The summed E-state index contributed by atoms with van der Waals surface area (Å²) in [4.78, 5) is 27.3. The van der Waals surface area contributed by atoms with Crippen molar-refractivity contribution in [3.63, 3.8) is 0 Å². The first-order valence-electron chi connectivity index (χ1n) is 10.2. The Morgan fingerprint density at radius 3 is 2.53 bits per heavy atom. The number of methoxy groups -OCH3 is 1. The first kappa shape index (κ1) is 22.1. The number of amides is 2. The van der Waals surface area contributed by atoms with E-state index in [1.54, 1.807) is 25.3 Å². The zero-order valence-electron chi connectivity index (χ0n) is 17.4. The summed E-state index contributed by atoms with van der Waals surface area (Å²) < 4.78 is 5.29. The van der Waals surface area contributed by atoms with Crippen LogP contribution in [0.25, 0.3) is 0 Å². The third-order valence-corrected chi connectivity index (χ3v) is 5.79. The molecular formula is C23H28ClN3O3. The number of ether oxygens (including phenoxy) is 1. The van der Waals surface area contributed by atoms with Crippen LogP contribution in [0.4, 0.5) is 5.69 Å². The molecule has 0 aromatic heterocycles. The van der Waals surface area contributed by atoms with Gasteiger partial charge in [0.15, 0.2) is 0 Å². The highest BCUT2D eigenvalue weighted by Gasteiger charge is 2.30. The van der Waals surface area contributed by atoms with E-state index < -0.39 is 0 Å². The van der Waals surface area contributed by atoms with Gasteiger partial charge >= 0.3 is 0 Å². The van der Waals surface area contributed by atoms with E-state index in [0.717, 1.165) is 18.4 Å². The molecule has 1 aliphatic rings. The predicted molar refractivity (Wildman–Crippen MR) is 119 cm³/mol. The van der Waals surface area contributed by atoms with E-state index in [2.05, 4.69) is 15.5 Å². The molecule has 1 atom stereocenters. The molecule has 160 valence electrons. The van der Waals surface area contributed by atoms with Crippen LogP contribution >= 0.6 is 11.6 Å². The van der Waals surface area contributed by atoms with Crippen molar-refractivity contribution < 1.29 is 14.3 Å². The highest BCUT2D eigenvalue weighted by Crippen LogP contribution is 2.28. The molecule has 7 heteroatoms. The maximum atomic E-state index is 12.7. The van der Waals surface area contributed by atoms with Gasteiger partial charge < -0.3 is 15.4 Å². The molecule has 0 radical (unpaired) electrons. The Morgan fingerprint density at radius 2 is 1.87 bits per heavy atom. The summed E-state index contributed by atoms with van der Waals surface area (Å²) in [6.45, 7) is 3.82. The van der Waals surface area contributed by atoms with Crippen LogP contribution in [0, 0.1) is 5.92 Å². The molecule has 1 saturated heterocycles. The lowest BCUT2D eigenvalue weighted by Gasteiger charge is -2.34. The van der Waals surface area contributed by atoms with Crippen molar-refractivity contribution in [3.8, 4) is 5.75 Å². The van der Waals surface area contributed by atoms with Crippen molar-refractivity contribution >= 4 is 29.1 Å². The van der Waals surface area contributed by atoms with Gasteiger partial charge in [0.1, 0.15) is 5.75 Å². The molecule has 2 amide bonds. The number of piperidine rings is 1. The van der Waals surface area contributed by atoms with Crippen LogP contribution in [0.15, 0.2) is 48.5 Å². The van der Waals surface area contributed by atoms with Gasteiger partial charge in [-0.25, -0.2) is 0 Å². The van der Waals surface area contributed by atoms with Gasteiger partial charge in [-0.3, -0.25) is 14.5 Å².